The number of ether oxygens (including phenoxy) is 1. The van der Waals surface area contributed by atoms with Gasteiger partial charge in [-0.2, -0.15) is 0 Å². The van der Waals surface area contributed by atoms with Crippen LogP contribution in [0.25, 0.3) is 0 Å². The van der Waals surface area contributed by atoms with Crippen LogP contribution in [0.3, 0.4) is 0 Å². The number of rotatable bonds is 2. The van der Waals surface area contributed by atoms with E-state index in [0.29, 0.717) is 17.5 Å². The summed E-state index contributed by atoms with van der Waals surface area (Å²) in [6.07, 6.45) is 5.41. The van der Waals surface area contributed by atoms with Crippen LogP contribution in [0.5, 0.6) is 0 Å². The second-order valence-electron chi connectivity index (χ2n) is 7.18. The normalized spacial score (nSPS) is 38.1. The molecule has 2 bridgehead atoms. The van der Waals surface area contributed by atoms with Crippen LogP contribution in [-0.4, -0.2) is 24.9 Å². The first-order valence-electron chi connectivity index (χ1n) is 8.37. The lowest BCUT2D eigenvalue weighted by Crippen LogP contribution is -2.40. The number of benzene rings is 1. The Bertz CT molecular complexity index is 777. The number of amides is 2. The molecule has 1 heterocycles. The summed E-state index contributed by atoms with van der Waals surface area (Å²) in [4.78, 5) is 39.4. The van der Waals surface area contributed by atoms with Gasteiger partial charge in [0.15, 0.2) is 0 Å². The van der Waals surface area contributed by atoms with Gasteiger partial charge in [-0.15, -0.1) is 0 Å². The van der Waals surface area contributed by atoms with E-state index in [-0.39, 0.29) is 41.0 Å². The van der Waals surface area contributed by atoms with Crippen LogP contribution in [0.15, 0.2) is 36.4 Å². The Kier molecular flexibility index (Phi) is 2.65. The molecule has 0 unspecified atom stereocenters. The Balaban J connectivity index is 1.59. The first-order chi connectivity index (χ1) is 11.6. The number of para-hydroxylation sites is 1. The first-order valence-corrected chi connectivity index (χ1v) is 8.37. The molecular weight excluding hydrogens is 306 g/mol. The third-order valence-corrected chi connectivity index (χ3v) is 6.21. The van der Waals surface area contributed by atoms with Crippen LogP contribution >= 0.6 is 0 Å². The van der Waals surface area contributed by atoms with E-state index in [9.17, 15) is 14.4 Å². The molecule has 0 aromatic heterocycles. The predicted molar refractivity (Wildman–Crippen MR) is 85.0 cm³/mol. The van der Waals surface area contributed by atoms with Gasteiger partial charge in [0.1, 0.15) is 0 Å². The molecule has 5 aliphatic rings. The second-order valence-corrected chi connectivity index (χ2v) is 7.18. The smallest absolute Gasteiger partial charge is 0.339 e. The van der Waals surface area contributed by atoms with Gasteiger partial charge in [0.2, 0.25) is 11.8 Å². The summed E-state index contributed by atoms with van der Waals surface area (Å²) in [7, 11) is 1.30. The number of methoxy groups -OCH3 is 1. The van der Waals surface area contributed by atoms with Crippen molar-refractivity contribution in [1.29, 1.82) is 0 Å². The highest BCUT2D eigenvalue weighted by atomic mass is 16.5. The van der Waals surface area contributed by atoms with Gasteiger partial charge in [0.25, 0.3) is 0 Å². The van der Waals surface area contributed by atoms with Gasteiger partial charge in [-0.25, -0.2) is 9.69 Å². The fourth-order valence-corrected chi connectivity index (χ4v) is 5.15. The highest BCUT2D eigenvalue weighted by molar-refractivity contribution is 6.24. The maximum absolute atomic E-state index is 13.1. The van der Waals surface area contributed by atoms with Gasteiger partial charge >= 0.3 is 5.97 Å². The zero-order valence-electron chi connectivity index (χ0n) is 13.2. The lowest BCUT2D eigenvalue weighted by molar-refractivity contribution is -0.124. The third kappa shape index (κ3) is 1.57. The molecule has 0 N–H and O–H groups in total. The molecular formula is C19H17NO4. The minimum absolute atomic E-state index is 0.161. The van der Waals surface area contributed by atoms with E-state index in [1.807, 2.05) is 0 Å². The highest BCUT2D eigenvalue weighted by Gasteiger charge is 2.67. The van der Waals surface area contributed by atoms with Crippen molar-refractivity contribution in [3.8, 4) is 0 Å². The van der Waals surface area contributed by atoms with Crippen molar-refractivity contribution >= 4 is 23.5 Å². The van der Waals surface area contributed by atoms with E-state index < -0.39 is 5.97 Å². The number of hydrogen-bond acceptors (Lipinski definition) is 4. The number of carbonyl (C=O) groups excluding carboxylic acids is 3. The Morgan fingerprint density at radius 3 is 2.21 bits per heavy atom. The molecule has 0 spiro atoms. The van der Waals surface area contributed by atoms with Crippen LogP contribution in [-0.2, 0) is 14.3 Å². The topological polar surface area (TPSA) is 63.7 Å². The quantitative estimate of drug-likeness (QED) is 0.475. The molecule has 1 saturated heterocycles. The summed E-state index contributed by atoms with van der Waals surface area (Å²) in [6.45, 7) is 0. The number of imide groups is 1. The lowest BCUT2D eigenvalue weighted by atomic mass is 9.63. The molecule has 1 aromatic rings. The number of esters is 1. The van der Waals surface area contributed by atoms with Crippen LogP contribution in [0, 0.1) is 35.5 Å². The molecule has 4 aliphatic carbocycles. The lowest BCUT2D eigenvalue weighted by Gasteiger charge is -2.37. The molecule has 0 radical (unpaired) electrons. The van der Waals surface area contributed by atoms with Crippen LogP contribution < -0.4 is 4.90 Å². The van der Waals surface area contributed by atoms with Crippen molar-refractivity contribution in [2.75, 3.05) is 12.0 Å². The van der Waals surface area contributed by atoms with Gasteiger partial charge in [0, 0.05) is 0 Å². The molecule has 1 aliphatic heterocycles. The van der Waals surface area contributed by atoms with Crippen molar-refractivity contribution in [2.45, 2.75) is 6.42 Å². The molecule has 5 nitrogen and oxygen atoms in total. The van der Waals surface area contributed by atoms with Gasteiger partial charge < -0.3 is 4.74 Å². The fourth-order valence-electron chi connectivity index (χ4n) is 5.15. The van der Waals surface area contributed by atoms with Crippen LogP contribution in [0.4, 0.5) is 5.69 Å². The van der Waals surface area contributed by atoms with Crippen molar-refractivity contribution in [2.24, 2.45) is 35.5 Å². The monoisotopic (exact) mass is 323 g/mol. The number of allylic oxidation sites excluding steroid dienone is 2. The molecule has 5 heteroatoms. The van der Waals surface area contributed by atoms with Crippen molar-refractivity contribution in [3.63, 3.8) is 0 Å². The summed E-state index contributed by atoms with van der Waals surface area (Å²) in [6, 6.07) is 6.67. The van der Waals surface area contributed by atoms with E-state index in [1.54, 1.807) is 24.3 Å². The Labute approximate surface area is 139 Å². The summed E-state index contributed by atoms with van der Waals surface area (Å²) >= 11 is 0. The average Bonchev–Trinajstić information content (AvgIpc) is 3.39. The van der Waals surface area contributed by atoms with Crippen molar-refractivity contribution in [3.05, 3.63) is 42.0 Å². The number of nitrogens with zero attached hydrogens (tertiary/aromatic N) is 1. The van der Waals surface area contributed by atoms with E-state index in [2.05, 4.69) is 12.2 Å². The molecule has 3 fully saturated rings. The largest absolute Gasteiger partial charge is 0.465 e. The first kappa shape index (κ1) is 14.0. The fraction of sp³-hybridized carbons (Fsp3) is 0.421. The Morgan fingerprint density at radius 1 is 1.04 bits per heavy atom. The van der Waals surface area contributed by atoms with E-state index in [1.165, 1.54) is 12.0 Å². The Hall–Kier alpha value is -2.43. The average molecular weight is 323 g/mol. The molecule has 6 atom stereocenters. The summed E-state index contributed by atoms with van der Waals surface area (Å²) in [5, 5.41) is 0. The minimum Gasteiger partial charge on any atom is -0.465 e. The van der Waals surface area contributed by atoms with Gasteiger partial charge in [-0.3, -0.25) is 9.59 Å². The molecule has 2 saturated carbocycles. The van der Waals surface area contributed by atoms with Gasteiger partial charge in [-0.1, -0.05) is 24.3 Å². The Morgan fingerprint density at radius 2 is 1.62 bits per heavy atom. The van der Waals surface area contributed by atoms with Crippen LogP contribution in [0.2, 0.25) is 0 Å². The van der Waals surface area contributed by atoms with Crippen molar-refractivity contribution < 1.29 is 19.1 Å². The van der Waals surface area contributed by atoms with E-state index in [4.69, 9.17) is 4.74 Å². The minimum atomic E-state index is -0.537. The predicted octanol–water partition coefficient (Wildman–Crippen LogP) is 2.03. The van der Waals surface area contributed by atoms with Crippen molar-refractivity contribution in [1.82, 2.24) is 0 Å². The zero-order valence-corrected chi connectivity index (χ0v) is 13.2. The highest BCUT2D eigenvalue weighted by Crippen LogP contribution is 2.65. The summed E-state index contributed by atoms with van der Waals surface area (Å²) in [5.74, 6) is 0.0992. The summed E-state index contributed by atoms with van der Waals surface area (Å²) < 4.78 is 4.80. The molecule has 1 aromatic carbocycles. The molecule has 2 amide bonds. The standard InChI is InChI=1S/C19H17NO4/c1-24-19(23)11-4-2-3-5-14(11)20-17(21)15-9-6-7-10(13-8-12(9)13)16(15)18(20)22/h2-7,9-10,12-13,15-16H,8H2,1H3/t9-,10-,12-,13-,15-,16+/m1/s1. The molecule has 6 rings (SSSR count). The molecule has 122 valence electrons. The second kappa shape index (κ2) is 4.56. The SMILES string of the molecule is COC(=O)c1ccccc1N1C(=O)[C@@H]2[C@@H]3C=C[C@H]([C@H]4C[C@H]34)[C@@H]2C1=O. The number of anilines is 1. The third-order valence-electron chi connectivity index (χ3n) is 6.21. The van der Waals surface area contributed by atoms with Gasteiger partial charge in [0.05, 0.1) is 30.2 Å². The van der Waals surface area contributed by atoms with E-state index >= 15 is 0 Å². The maximum atomic E-state index is 13.1. The number of carbonyl (C=O) groups is 3. The van der Waals surface area contributed by atoms with Gasteiger partial charge in [-0.05, 0) is 42.2 Å². The zero-order chi connectivity index (χ0) is 16.6. The summed E-state index contributed by atoms with van der Waals surface area (Å²) in [5.41, 5.74) is 0.604. The van der Waals surface area contributed by atoms with Crippen LogP contribution in [0.1, 0.15) is 16.8 Å². The number of hydrogen-bond donors (Lipinski definition) is 0. The van der Waals surface area contributed by atoms with E-state index in [0.717, 1.165) is 6.42 Å². The molecule has 24 heavy (non-hydrogen) atoms. The maximum Gasteiger partial charge on any atom is 0.339 e.